The fraction of sp³-hybridized carbons (Fsp3) is 0.111. The maximum Gasteiger partial charge on any atom is 0.270 e. The van der Waals surface area contributed by atoms with E-state index in [9.17, 15) is 9.18 Å². The fourth-order valence-electron chi connectivity index (χ4n) is 2.37. The lowest BCUT2D eigenvalue weighted by Gasteiger charge is -2.14. The van der Waals surface area contributed by atoms with Gasteiger partial charge in [-0.25, -0.2) is 4.39 Å². The third-order valence-electron chi connectivity index (χ3n) is 3.58. The quantitative estimate of drug-likeness (QED) is 0.590. The highest BCUT2D eigenvalue weighted by atomic mass is 32.2. The van der Waals surface area contributed by atoms with E-state index in [2.05, 4.69) is 0 Å². The number of nitrogens with zero attached hydrogens (tertiary/aromatic N) is 1. The Balaban J connectivity index is 1.91. The van der Waals surface area contributed by atoms with E-state index >= 15 is 0 Å². The molecule has 1 amide bonds. The number of amides is 1. The van der Waals surface area contributed by atoms with E-state index in [4.69, 9.17) is 21.7 Å². The summed E-state index contributed by atoms with van der Waals surface area (Å²) in [6.07, 6.45) is 1.74. The van der Waals surface area contributed by atoms with E-state index in [1.165, 1.54) is 40.9 Å². The van der Waals surface area contributed by atoms with Crippen molar-refractivity contribution in [1.82, 2.24) is 0 Å². The normalized spacial score (nSPS) is 15.8. The third kappa shape index (κ3) is 3.52. The number of rotatable bonds is 4. The second kappa shape index (κ2) is 7.25. The van der Waals surface area contributed by atoms with Gasteiger partial charge < -0.3 is 9.47 Å². The molecule has 0 saturated carbocycles. The zero-order valence-corrected chi connectivity index (χ0v) is 15.1. The minimum atomic E-state index is -0.366. The molecular weight excluding hydrogens is 361 g/mol. The number of carbonyl (C=O) groups excluding carboxylic acids is 1. The van der Waals surface area contributed by atoms with Gasteiger partial charge in [0.25, 0.3) is 5.91 Å². The highest BCUT2D eigenvalue weighted by Gasteiger charge is 2.33. The van der Waals surface area contributed by atoms with Crippen LogP contribution in [0.25, 0.3) is 6.08 Å². The molecule has 0 spiro atoms. The zero-order chi connectivity index (χ0) is 18.0. The van der Waals surface area contributed by atoms with Gasteiger partial charge in [-0.2, -0.15) is 0 Å². The molecule has 4 nitrogen and oxygen atoms in total. The van der Waals surface area contributed by atoms with E-state index < -0.39 is 0 Å². The molecule has 7 heteroatoms. The van der Waals surface area contributed by atoms with E-state index in [1.54, 1.807) is 32.4 Å². The molecule has 0 unspecified atom stereocenters. The van der Waals surface area contributed by atoms with Crippen molar-refractivity contribution >= 4 is 46.0 Å². The number of ether oxygens (including phenoxy) is 2. The second-order valence-electron chi connectivity index (χ2n) is 5.11. The highest BCUT2D eigenvalue weighted by molar-refractivity contribution is 8.27. The summed E-state index contributed by atoms with van der Waals surface area (Å²) in [7, 11) is 3.11. The van der Waals surface area contributed by atoms with E-state index in [1.807, 2.05) is 6.07 Å². The first-order valence-electron chi connectivity index (χ1n) is 7.29. The Labute approximate surface area is 154 Å². The summed E-state index contributed by atoms with van der Waals surface area (Å²) in [6, 6.07) is 11.0. The number of methoxy groups -OCH3 is 2. The van der Waals surface area contributed by atoms with Crippen LogP contribution in [0.1, 0.15) is 5.56 Å². The number of anilines is 1. The molecule has 1 saturated heterocycles. The number of hydrogen-bond acceptors (Lipinski definition) is 5. The maximum absolute atomic E-state index is 13.1. The van der Waals surface area contributed by atoms with Crippen molar-refractivity contribution in [2.45, 2.75) is 0 Å². The van der Waals surface area contributed by atoms with Gasteiger partial charge in [0.05, 0.1) is 24.8 Å². The molecule has 1 aliphatic heterocycles. The maximum atomic E-state index is 13.1. The lowest BCUT2D eigenvalue weighted by Crippen LogP contribution is -2.27. The van der Waals surface area contributed by atoms with Gasteiger partial charge in [-0.15, -0.1) is 0 Å². The number of thioether (sulfide) groups is 1. The predicted octanol–water partition coefficient (Wildman–Crippen LogP) is 4.25. The van der Waals surface area contributed by atoms with E-state index in [0.29, 0.717) is 26.4 Å². The molecule has 0 N–H and O–H groups in total. The van der Waals surface area contributed by atoms with Gasteiger partial charge in [0, 0.05) is 0 Å². The van der Waals surface area contributed by atoms with Gasteiger partial charge >= 0.3 is 0 Å². The van der Waals surface area contributed by atoms with Crippen LogP contribution < -0.4 is 14.4 Å². The van der Waals surface area contributed by atoms with Crippen LogP contribution in [0.2, 0.25) is 0 Å². The number of halogens is 1. The summed E-state index contributed by atoms with van der Waals surface area (Å²) in [6.45, 7) is 0. The topological polar surface area (TPSA) is 38.8 Å². The molecule has 1 heterocycles. The molecule has 0 aromatic heterocycles. The first-order valence-corrected chi connectivity index (χ1v) is 8.51. The average Bonchev–Trinajstić information content (AvgIpc) is 2.89. The number of benzene rings is 2. The van der Waals surface area contributed by atoms with Gasteiger partial charge in [0.1, 0.15) is 5.82 Å². The zero-order valence-electron chi connectivity index (χ0n) is 13.5. The minimum absolute atomic E-state index is 0.239. The van der Waals surface area contributed by atoms with E-state index in [0.717, 1.165) is 5.56 Å². The van der Waals surface area contributed by atoms with Crippen LogP contribution in [0, 0.1) is 5.82 Å². The van der Waals surface area contributed by atoms with Crippen molar-refractivity contribution < 1.29 is 18.7 Å². The molecule has 1 aliphatic rings. The second-order valence-corrected chi connectivity index (χ2v) is 6.78. The number of hydrogen-bond donors (Lipinski definition) is 0. The van der Waals surface area contributed by atoms with Crippen molar-refractivity contribution in [3.63, 3.8) is 0 Å². The van der Waals surface area contributed by atoms with E-state index in [-0.39, 0.29) is 11.7 Å². The molecule has 2 aromatic rings. The summed E-state index contributed by atoms with van der Waals surface area (Å²) < 4.78 is 24.0. The van der Waals surface area contributed by atoms with Crippen molar-refractivity contribution in [3.8, 4) is 11.5 Å². The molecule has 0 radical (unpaired) electrons. The number of carbonyl (C=O) groups is 1. The van der Waals surface area contributed by atoms with Crippen LogP contribution in [0.3, 0.4) is 0 Å². The first kappa shape index (κ1) is 17.4. The SMILES string of the molecule is COc1ccc(/C=C2/SC(=S)N(c3ccc(F)cc3)C2=O)cc1OC. The van der Waals surface area contributed by atoms with Crippen molar-refractivity contribution in [2.24, 2.45) is 0 Å². The van der Waals surface area contributed by atoms with Crippen molar-refractivity contribution in [1.29, 1.82) is 0 Å². The Morgan fingerprint density at radius 3 is 2.40 bits per heavy atom. The molecule has 1 fully saturated rings. The highest BCUT2D eigenvalue weighted by Crippen LogP contribution is 2.37. The molecule has 0 atom stereocenters. The molecule has 25 heavy (non-hydrogen) atoms. The molecule has 0 bridgehead atoms. The summed E-state index contributed by atoms with van der Waals surface area (Å²) in [4.78, 5) is 14.6. The monoisotopic (exact) mass is 375 g/mol. The lowest BCUT2D eigenvalue weighted by atomic mass is 10.2. The van der Waals surface area contributed by atoms with Gasteiger partial charge in [-0.1, -0.05) is 30.0 Å². The summed E-state index contributed by atoms with van der Waals surface area (Å²) in [5, 5.41) is 0. The number of thiocarbonyl (C=S) groups is 1. The predicted molar refractivity (Wildman–Crippen MR) is 102 cm³/mol. The summed E-state index contributed by atoms with van der Waals surface area (Å²) in [5.74, 6) is 0.579. The van der Waals surface area contributed by atoms with Crippen LogP contribution in [-0.4, -0.2) is 24.4 Å². The Kier molecular flexibility index (Phi) is 5.06. The minimum Gasteiger partial charge on any atom is -0.493 e. The lowest BCUT2D eigenvalue weighted by molar-refractivity contribution is -0.113. The molecule has 2 aromatic carbocycles. The molecular formula is C18H14FNO3S2. The van der Waals surface area contributed by atoms with Crippen LogP contribution in [0.4, 0.5) is 10.1 Å². The largest absolute Gasteiger partial charge is 0.493 e. The average molecular weight is 375 g/mol. The first-order chi connectivity index (χ1) is 12.0. The standard InChI is InChI=1S/C18H14FNO3S2/c1-22-14-8-3-11(9-15(14)23-2)10-16-17(21)20(18(24)25-16)13-6-4-12(19)5-7-13/h3-10H,1-2H3/b16-10+. The Morgan fingerprint density at radius 1 is 1.08 bits per heavy atom. The van der Waals surface area contributed by atoms with Gasteiger partial charge in [-0.3, -0.25) is 9.69 Å². The Morgan fingerprint density at radius 2 is 1.76 bits per heavy atom. The van der Waals surface area contributed by atoms with Gasteiger partial charge in [-0.05, 0) is 48.0 Å². The van der Waals surface area contributed by atoms with Crippen LogP contribution >= 0.6 is 24.0 Å². The third-order valence-corrected chi connectivity index (χ3v) is 4.89. The summed E-state index contributed by atoms with van der Waals surface area (Å²) in [5.41, 5.74) is 1.33. The Bertz CT molecular complexity index is 865. The fourth-order valence-corrected chi connectivity index (χ4v) is 3.67. The van der Waals surface area contributed by atoms with Crippen molar-refractivity contribution in [3.05, 3.63) is 58.8 Å². The van der Waals surface area contributed by atoms with Gasteiger partial charge in [0.15, 0.2) is 15.8 Å². The Hall–Kier alpha value is -2.38. The summed E-state index contributed by atoms with van der Waals surface area (Å²) >= 11 is 6.50. The van der Waals surface area contributed by atoms with Crippen LogP contribution in [-0.2, 0) is 4.79 Å². The molecule has 128 valence electrons. The van der Waals surface area contributed by atoms with Gasteiger partial charge in [0.2, 0.25) is 0 Å². The van der Waals surface area contributed by atoms with Crippen LogP contribution in [0.15, 0.2) is 47.4 Å². The smallest absolute Gasteiger partial charge is 0.270 e. The van der Waals surface area contributed by atoms with Crippen LogP contribution in [0.5, 0.6) is 11.5 Å². The van der Waals surface area contributed by atoms with Crippen molar-refractivity contribution in [2.75, 3.05) is 19.1 Å². The molecule has 3 rings (SSSR count). The molecule has 0 aliphatic carbocycles.